The van der Waals surface area contributed by atoms with Crippen molar-refractivity contribution in [2.75, 3.05) is 26.2 Å². The molecule has 2 aromatic rings. The quantitative estimate of drug-likeness (QED) is 0.766. The molecular formula is C24H36N4O. The van der Waals surface area contributed by atoms with Crippen LogP contribution in [0, 0.1) is 12.8 Å². The van der Waals surface area contributed by atoms with Crippen molar-refractivity contribution in [1.82, 2.24) is 19.6 Å². The number of rotatable bonds is 3. The molecule has 1 aromatic heterocycles. The summed E-state index contributed by atoms with van der Waals surface area (Å²) in [6.07, 6.45) is 2.38. The van der Waals surface area contributed by atoms with Crippen molar-refractivity contribution in [3.05, 3.63) is 41.6 Å². The molecule has 1 fully saturated rings. The lowest BCUT2D eigenvalue weighted by Gasteiger charge is -2.36. The van der Waals surface area contributed by atoms with Crippen molar-refractivity contribution in [1.29, 1.82) is 0 Å². The number of piperidine rings is 1. The number of aryl methyl sites for hydroxylation is 1. The van der Waals surface area contributed by atoms with Gasteiger partial charge in [0.2, 0.25) is 5.91 Å². The summed E-state index contributed by atoms with van der Waals surface area (Å²) in [6.45, 7) is 14.6. The van der Waals surface area contributed by atoms with Crippen molar-refractivity contribution in [3.8, 4) is 11.3 Å². The highest BCUT2D eigenvalue weighted by Crippen LogP contribution is 2.29. The Morgan fingerprint density at radius 2 is 1.83 bits per heavy atom. The predicted octanol–water partition coefficient (Wildman–Crippen LogP) is 4.52. The average molecular weight is 397 g/mol. The Hall–Kier alpha value is -2.14. The first kappa shape index (κ1) is 21.6. The third-order valence-corrected chi connectivity index (χ3v) is 6.08. The predicted molar refractivity (Wildman–Crippen MR) is 119 cm³/mol. The zero-order chi connectivity index (χ0) is 21.0. The fourth-order valence-electron chi connectivity index (χ4n) is 4.32. The summed E-state index contributed by atoms with van der Waals surface area (Å²) in [7, 11) is 0. The molecule has 1 saturated heterocycles. The van der Waals surface area contributed by atoms with Crippen molar-refractivity contribution in [3.63, 3.8) is 0 Å². The number of hydrogen-bond donors (Lipinski definition) is 0. The highest BCUT2D eigenvalue weighted by atomic mass is 16.2. The van der Waals surface area contributed by atoms with E-state index in [9.17, 15) is 4.79 Å². The van der Waals surface area contributed by atoms with E-state index >= 15 is 0 Å². The zero-order valence-electron chi connectivity index (χ0n) is 18.7. The summed E-state index contributed by atoms with van der Waals surface area (Å²) in [5, 5.41) is 4.81. The van der Waals surface area contributed by atoms with E-state index in [4.69, 9.17) is 5.10 Å². The van der Waals surface area contributed by atoms with Crippen LogP contribution in [0.15, 0.2) is 30.3 Å². The number of amides is 1. The van der Waals surface area contributed by atoms with Gasteiger partial charge in [0.15, 0.2) is 0 Å². The molecule has 0 spiro atoms. The van der Waals surface area contributed by atoms with Crippen LogP contribution in [0.5, 0.6) is 0 Å². The SMILES string of the molecule is CC.Cc1ccc(-c2cc3n(n2)CCN(CC(=O)N2CCCC(C)C2)C3C)cc1. The van der Waals surface area contributed by atoms with Gasteiger partial charge in [-0.25, -0.2) is 0 Å². The lowest BCUT2D eigenvalue weighted by molar-refractivity contribution is -0.135. The van der Waals surface area contributed by atoms with E-state index in [1.165, 1.54) is 17.7 Å². The van der Waals surface area contributed by atoms with Crippen molar-refractivity contribution in [2.24, 2.45) is 5.92 Å². The van der Waals surface area contributed by atoms with Gasteiger partial charge >= 0.3 is 0 Å². The van der Waals surface area contributed by atoms with Crippen LogP contribution in [0.2, 0.25) is 0 Å². The molecule has 0 radical (unpaired) electrons. The van der Waals surface area contributed by atoms with Crippen LogP contribution in [0.3, 0.4) is 0 Å². The van der Waals surface area contributed by atoms with Gasteiger partial charge in [-0.05, 0) is 38.7 Å². The second-order valence-corrected chi connectivity index (χ2v) is 8.28. The van der Waals surface area contributed by atoms with Crippen LogP contribution in [-0.2, 0) is 11.3 Å². The molecule has 0 bridgehead atoms. The Labute approximate surface area is 175 Å². The van der Waals surface area contributed by atoms with Crippen LogP contribution in [0.4, 0.5) is 0 Å². The van der Waals surface area contributed by atoms with Gasteiger partial charge in [-0.1, -0.05) is 50.6 Å². The second-order valence-electron chi connectivity index (χ2n) is 8.28. The van der Waals surface area contributed by atoms with Crippen molar-refractivity contribution < 1.29 is 4.79 Å². The van der Waals surface area contributed by atoms with E-state index in [-0.39, 0.29) is 11.9 Å². The molecule has 0 N–H and O–H groups in total. The molecule has 0 saturated carbocycles. The molecule has 4 rings (SSSR count). The van der Waals surface area contributed by atoms with Gasteiger partial charge in [0.25, 0.3) is 0 Å². The van der Waals surface area contributed by atoms with E-state index in [1.807, 2.05) is 13.8 Å². The number of benzene rings is 1. The van der Waals surface area contributed by atoms with Gasteiger partial charge < -0.3 is 4.90 Å². The monoisotopic (exact) mass is 396 g/mol. The van der Waals surface area contributed by atoms with Crippen molar-refractivity contribution in [2.45, 2.75) is 60.0 Å². The molecule has 2 atom stereocenters. The van der Waals surface area contributed by atoms with Gasteiger partial charge in [0, 0.05) is 31.2 Å². The summed E-state index contributed by atoms with van der Waals surface area (Å²) in [5.41, 5.74) is 4.64. The fourth-order valence-corrected chi connectivity index (χ4v) is 4.32. The highest BCUT2D eigenvalue weighted by molar-refractivity contribution is 5.78. The van der Waals surface area contributed by atoms with E-state index in [2.05, 4.69) is 65.6 Å². The molecule has 5 heteroatoms. The first-order valence-electron chi connectivity index (χ1n) is 11.2. The Morgan fingerprint density at radius 1 is 1.10 bits per heavy atom. The fraction of sp³-hybridized carbons (Fsp3) is 0.583. The minimum atomic E-state index is 0.205. The minimum absolute atomic E-state index is 0.205. The molecule has 1 aromatic carbocycles. The van der Waals surface area contributed by atoms with Crippen LogP contribution in [-0.4, -0.2) is 51.7 Å². The van der Waals surface area contributed by atoms with Crippen molar-refractivity contribution >= 4 is 5.91 Å². The Balaban J connectivity index is 0.00000117. The highest BCUT2D eigenvalue weighted by Gasteiger charge is 2.29. The molecule has 2 aliphatic heterocycles. The summed E-state index contributed by atoms with van der Waals surface area (Å²) in [5.74, 6) is 0.903. The van der Waals surface area contributed by atoms with Crippen LogP contribution < -0.4 is 0 Å². The second kappa shape index (κ2) is 9.57. The van der Waals surface area contributed by atoms with Gasteiger partial charge in [-0.15, -0.1) is 0 Å². The molecule has 158 valence electrons. The summed E-state index contributed by atoms with van der Waals surface area (Å²) in [4.78, 5) is 17.2. The molecule has 2 aliphatic rings. The van der Waals surface area contributed by atoms with E-state index in [0.717, 1.165) is 43.9 Å². The number of carbonyl (C=O) groups excluding carboxylic acids is 1. The molecule has 3 heterocycles. The maximum atomic E-state index is 12.8. The number of likely N-dealkylation sites (tertiary alicyclic amines) is 1. The molecule has 1 amide bonds. The normalized spacial score (nSPS) is 21.9. The van der Waals surface area contributed by atoms with Gasteiger partial charge in [-0.3, -0.25) is 14.4 Å². The largest absolute Gasteiger partial charge is 0.341 e. The number of nitrogens with zero attached hydrogens (tertiary/aromatic N) is 4. The van der Waals surface area contributed by atoms with E-state index in [0.29, 0.717) is 12.5 Å². The van der Waals surface area contributed by atoms with Gasteiger partial charge in [0.1, 0.15) is 0 Å². The maximum Gasteiger partial charge on any atom is 0.236 e. The number of fused-ring (bicyclic) bond motifs is 1. The lowest BCUT2D eigenvalue weighted by atomic mass is 10.0. The van der Waals surface area contributed by atoms with E-state index in [1.54, 1.807) is 0 Å². The number of carbonyl (C=O) groups is 1. The molecular weight excluding hydrogens is 360 g/mol. The molecule has 5 nitrogen and oxygen atoms in total. The molecule has 0 aliphatic carbocycles. The third kappa shape index (κ3) is 4.89. The average Bonchev–Trinajstić information content (AvgIpc) is 3.17. The number of aromatic nitrogens is 2. The van der Waals surface area contributed by atoms with Gasteiger partial charge in [0.05, 0.1) is 24.5 Å². The lowest BCUT2D eigenvalue weighted by Crippen LogP contribution is -2.47. The first-order chi connectivity index (χ1) is 14.0. The van der Waals surface area contributed by atoms with Crippen LogP contribution in [0.1, 0.15) is 57.8 Å². The smallest absolute Gasteiger partial charge is 0.236 e. The first-order valence-corrected chi connectivity index (χ1v) is 11.2. The maximum absolute atomic E-state index is 12.8. The van der Waals surface area contributed by atoms with Gasteiger partial charge in [-0.2, -0.15) is 5.10 Å². The summed E-state index contributed by atoms with van der Waals surface area (Å²) >= 11 is 0. The Kier molecular flexibility index (Phi) is 7.12. The minimum Gasteiger partial charge on any atom is -0.341 e. The number of hydrogen-bond acceptors (Lipinski definition) is 3. The summed E-state index contributed by atoms with van der Waals surface area (Å²) in [6, 6.07) is 10.9. The summed E-state index contributed by atoms with van der Waals surface area (Å²) < 4.78 is 2.11. The van der Waals surface area contributed by atoms with Crippen LogP contribution in [0.25, 0.3) is 11.3 Å². The van der Waals surface area contributed by atoms with E-state index < -0.39 is 0 Å². The third-order valence-electron chi connectivity index (χ3n) is 6.08. The Morgan fingerprint density at radius 3 is 2.52 bits per heavy atom. The topological polar surface area (TPSA) is 41.4 Å². The zero-order valence-corrected chi connectivity index (χ0v) is 18.7. The molecule has 2 unspecified atom stereocenters. The molecule has 29 heavy (non-hydrogen) atoms. The Bertz CT molecular complexity index is 811. The standard InChI is InChI=1S/C22H30N4O.C2H6/c1-16-6-8-19(9-7-16)20-13-21-18(3)24(11-12-26(21)23-20)15-22(27)25-10-4-5-17(2)14-25;1-2/h6-9,13,17-18H,4-5,10-12,14-15H2,1-3H3;1-2H3. The van der Waals surface area contributed by atoms with Crippen LogP contribution >= 0.6 is 0 Å².